The Morgan fingerprint density at radius 2 is 1.31 bits per heavy atom. The molecule has 0 spiro atoms. The fourth-order valence-corrected chi connectivity index (χ4v) is 6.92. The maximum atomic E-state index is 14.6. The quantitative estimate of drug-likeness (QED) is 0.0132. The number of halogens is 4. The number of hydrogen-bond acceptors (Lipinski definition) is 17. The van der Waals surface area contributed by atoms with Crippen molar-refractivity contribution in [1.82, 2.24) is 15.8 Å². The highest BCUT2D eigenvalue weighted by Gasteiger charge is 2.22. The van der Waals surface area contributed by atoms with E-state index < -0.39 is 39.9 Å². The highest BCUT2D eigenvalue weighted by Crippen LogP contribution is 2.31. The first kappa shape index (κ1) is 55.5. The van der Waals surface area contributed by atoms with Gasteiger partial charge in [0.25, 0.3) is 11.8 Å². The van der Waals surface area contributed by atoms with Gasteiger partial charge in [-0.25, -0.2) is 23.6 Å². The molecule has 3 amide bonds. The van der Waals surface area contributed by atoms with E-state index in [1.54, 1.807) is 18.2 Å². The second-order valence-corrected chi connectivity index (χ2v) is 16.3. The van der Waals surface area contributed by atoms with Gasteiger partial charge in [-0.05, 0) is 102 Å². The number of thiazole rings is 1. The van der Waals surface area contributed by atoms with Crippen LogP contribution in [0.2, 0.25) is 0 Å². The largest absolute Gasteiger partial charge is 0.383 e. The minimum atomic E-state index is -1.33. The van der Waals surface area contributed by atoms with Gasteiger partial charge in [0.05, 0.1) is 119 Å². The highest BCUT2D eigenvalue weighted by atomic mass is 127. The van der Waals surface area contributed by atoms with E-state index >= 15 is 0 Å². The molecule has 0 aliphatic heterocycles. The fraction of sp³-hybridized carbons (Fsp3) is 0.442. The maximum Gasteiger partial charge on any atom is 0.348 e. The molecule has 68 heavy (non-hydrogen) atoms. The van der Waals surface area contributed by atoms with E-state index in [0.29, 0.717) is 115 Å². The number of nitro groups is 1. The number of hydroxylamine groups is 1. The predicted molar refractivity (Wildman–Crippen MR) is 255 cm³/mol. The molecular weight excluding hydrogens is 1040 g/mol. The van der Waals surface area contributed by atoms with Gasteiger partial charge in [0.1, 0.15) is 11.5 Å². The second-order valence-electron chi connectivity index (χ2n) is 14.1. The lowest BCUT2D eigenvalue weighted by Gasteiger charge is -2.14. The van der Waals surface area contributed by atoms with Crippen LogP contribution in [0.25, 0.3) is 0 Å². The van der Waals surface area contributed by atoms with Crippen LogP contribution < -0.4 is 32.1 Å². The summed E-state index contributed by atoms with van der Waals surface area (Å²) in [6.45, 7) is 9.33. The number of carbonyl (C=O) groups is 3. The zero-order chi connectivity index (χ0) is 49.1. The molecule has 1 heterocycles. The maximum absolute atomic E-state index is 14.6. The average Bonchev–Trinajstić information content (AvgIpc) is 3.67. The molecule has 0 bridgehead atoms. The normalized spacial score (nSPS) is 11.1. The minimum absolute atomic E-state index is 0.0727. The highest BCUT2D eigenvalue weighted by molar-refractivity contribution is 14.1. The van der Waals surface area contributed by atoms with Gasteiger partial charge < -0.3 is 49.7 Å². The Balaban J connectivity index is 0.897. The number of ether oxygens (including phenoxy) is 6. The summed E-state index contributed by atoms with van der Waals surface area (Å²) in [5.41, 5.74) is 2.54. The Morgan fingerprint density at radius 1 is 0.706 bits per heavy atom. The van der Waals surface area contributed by atoms with E-state index in [9.17, 15) is 37.7 Å². The van der Waals surface area contributed by atoms with Crippen LogP contribution in [0, 0.1) is 38.1 Å². The van der Waals surface area contributed by atoms with Crippen molar-refractivity contribution in [3.8, 4) is 0 Å². The molecule has 372 valence electrons. The summed E-state index contributed by atoms with van der Waals surface area (Å²) in [5.74, 6) is -5.01. The van der Waals surface area contributed by atoms with Gasteiger partial charge in [-0.3, -0.25) is 34.7 Å². The van der Waals surface area contributed by atoms with Crippen molar-refractivity contribution in [3.63, 3.8) is 0 Å². The van der Waals surface area contributed by atoms with Crippen molar-refractivity contribution >= 4 is 84.5 Å². The molecule has 0 saturated carbocycles. The van der Waals surface area contributed by atoms with Crippen molar-refractivity contribution in [1.29, 1.82) is 0 Å². The number of aromatic nitrogens is 1. The van der Waals surface area contributed by atoms with Crippen LogP contribution in [-0.2, 0) is 38.1 Å². The number of carbonyl (C=O) groups excluding carboxylic acids is 3. The molecule has 25 heteroatoms. The Labute approximate surface area is 407 Å². The van der Waals surface area contributed by atoms with E-state index in [1.165, 1.54) is 32.0 Å². The summed E-state index contributed by atoms with van der Waals surface area (Å²) in [7, 11) is 0. The zero-order valence-electron chi connectivity index (χ0n) is 37.4. The Bertz CT molecular complexity index is 2250. The standard InChI is InChI=1S/C43H54F3IN8O12S/c1-28-42(55(59)60)68-43(50-28)53-40(57)32-6-5-31(27-37(32)51-29(2)56)49-12-15-62-17-19-64-21-23-66-25-24-65-22-20-63-18-16-61-14-11-48-10-3-13-67-54-41(58)33-7-8-34(44)38(46)39(33)52-36-9-4-30(47)26-35(36)45/h4-9,26-27,48-49,52H,3,10-25H2,1-2H3,(H,51,56)(H,54,58)(H,50,53,57). The van der Waals surface area contributed by atoms with Crippen molar-refractivity contribution in [2.75, 3.05) is 127 Å². The van der Waals surface area contributed by atoms with Crippen molar-refractivity contribution in [2.24, 2.45) is 0 Å². The molecule has 4 rings (SSSR count). The zero-order valence-corrected chi connectivity index (χ0v) is 40.3. The summed E-state index contributed by atoms with van der Waals surface area (Å²) < 4.78 is 76.6. The molecule has 1 aromatic heterocycles. The first-order valence-electron chi connectivity index (χ1n) is 21.2. The Morgan fingerprint density at radius 3 is 1.90 bits per heavy atom. The third-order valence-corrected chi connectivity index (χ3v) is 10.6. The summed E-state index contributed by atoms with van der Waals surface area (Å²) in [6, 6.07) is 10.8. The van der Waals surface area contributed by atoms with Crippen LogP contribution in [0.3, 0.4) is 0 Å². The predicted octanol–water partition coefficient (Wildman–Crippen LogP) is 6.19. The first-order chi connectivity index (χ1) is 32.8. The van der Waals surface area contributed by atoms with Crippen LogP contribution in [0.4, 0.5) is 46.1 Å². The molecule has 0 saturated heterocycles. The smallest absolute Gasteiger partial charge is 0.348 e. The lowest BCUT2D eigenvalue weighted by atomic mass is 10.1. The Hall–Kier alpha value is -5.10. The SMILES string of the molecule is CC(=O)Nc1cc(NCCOCCOCCOCCOCCOCCOCCNCCCONC(=O)c2ccc(F)c(F)c2Nc2ccc(I)cc2F)ccc1C(=O)Nc1nc(C)c([N+](=O)[O-])s1. The molecule has 0 radical (unpaired) electrons. The molecule has 0 aliphatic carbocycles. The fourth-order valence-electron chi connectivity index (χ4n) is 5.69. The molecule has 0 atom stereocenters. The minimum Gasteiger partial charge on any atom is -0.383 e. The summed E-state index contributed by atoms with van der Waals surface area (Å²) in [6.07, 6.45) is 0.532. The van der Waals surface area contributed by atoms with Crippen molar-refractivity contribution in [2.45, 2.75) is 20.3 Å². The molecule has 0 unspecified atom stereocenters. The number of aryl methyl sites for hydroxylation is 1. The van der Waals surface area contributed by atoms with E-state index in [4.69, 9.17) is 33.3 Å². The number of nitrogens with zero attached hydrogens (tertiary/aromatic N) is 2. The lowest BCUT2D eigenvalue weighted by Crippen LogP contribution is -2.27. The average molecular weight is 1090 g/mol. The molecule has 20 nitrogen and oxygen atoms in total. The number of amides is 3. The van der Waals surface area contributed by atoms with Crippen molar-refractivity contribution in [3.05, 3.63) is 96.5 Å². The third-order valence-electron chi connectivity index (χ3n) is 8.89. The number of anilines is 5. The van der Waals surface area contributed by atoms with E-state index in [2.05, 4.69) is 37.0 Å². The third kappa shape index (κ3) is 20.2. The Kier molecular flexibility index (Phi) is 25.4. The molecular formula is C43H54F3IN8O12S. The van der Waals surface area contributed by atoms with E-state index in [0.717, 1.165) is 23.5 Å². The van der Waals surface area contributed by atoms with Crippen LogP contribution in [0.5, 0.6) is 0 Å². The lowest BCUT2D eigenvalue weighted by molar-refractivity contribution is -0.380. The molecule has 0 fully saturated rings. The van der Waals surface area contributed by atoms with Gasteiger partial charge in [-0.1, -0.05) is 0 Å². The van der Waals surface area contributed by atoms with Gasteiger partial charge in [-0.15, -0.1) is 0 Å². The number of hydrogen-bond donors (Lipinski definition) is 6. The van der Waals surface area contributed by atoms with Gasteiger partial charge in [0, 0.05) is 29.3 Å². The van der Waals surface area contributed by atoms with Crippen molar-refractivity contribution < 1.29 is 65.7 Å². The second kappa shape index (κ2) is 31.1. The van der Waals surface area contributed by atoms with Gasteiger partial charge in [0.15, 0.2) is 16.8 Å². The summed E-state index contributed by atoms with van der Waals surface area (Å²) in [4.78, 5) is 57.1. The van der Waals surface area contributed by atoms with E-state index in [-0.39, 0.29) is 50.8 Å². The first-order valence-corrected chi connectivity index (χ1v) is 23.1. The monoisotopic (exact) mass is 1090 g/mol. The topological polar surface area (TPSA) is 244 Å². The summed E-state index contributed by atoms with van der Waals surface area (Å²) in [5, 5.41) is 25.0. The van der Waals surface area contributed by atoms with E-state index in [1.807, 2.05) is 22.6 Å². The molecule has 4 aromatic rings. The van der Waals surface area contributed by atoms with Crippen LogP contribution >= 0.6 is 33.9 Å². The van der Waals surface area contributed by atoms with Crippen LogP contribution in [0.1, 0.15) is 39.8 Å². The van der Waals surface area contributed by atoms with Gasteiger partial charge in [-0.2, -0.15) is 0 Å². The van der Waals surface area contributed by atoms with Crippen LogP contribution in [-0.4, -0.2) is 133 Å². The molecule has 0 aliphatic rings. The van der Waals surface area contributed by atoms with Gasteiger partial charge >= 0.3 is 5.00 Å². The molecule has 6 N–H and O–H groups in total. The number of benzene rings is 3. The molecule has 3 aromatic carbocycles. The summed E-state index contributed by atoms with van der Waals surface area (Å²) >= 11 is 2.66. The number of rotatable bonds is 34. The van der Waals surface area contributed by atoms with Crippen LogP contribution in [0.15, 0.2) is 48.5 Å². The van der Waals surface area contributed by atoms with Gasteiger partial charge in [0.2, 0.25) is 5.91 Å². The number of nitrogens with one attached hydrogen (secondary N) is 6.